The monoisotopic (exact) mass is 290 g/mol. The maximum atomic E-state index is 13.1. The van der Waals surface area contributed by atoms with Crippen LogP contribution in [-0.4, -0.2) is 22.0 Å². The molecule has 5 nitrogen and oxygen atoms in total. The molecule has 1 heterocycles. The highest BCUT2D eigenvalue weighted by Crippen LogP contribution is 2.21. The summed E-state index contributed by atoms with van der Waals surface area (Å²) in [7, 11) is 1.84. The molecule has 0 aliphatic heterocycles. The second kappa shape index (κ2) is 6.49. The first-order valence-corrected chi connectivity index (χ1v) is 6.76. The second-order valence-electron chi connectivity index (χ2n) is 5.03. The first-order chi connectivity index (χ1) is 10.0. The summed E-state index contributed by atoms with van der Waals surface area (Å²) in [6, 6.07) is 5.57. The van der Waals surface area contributed by atoms with Crippen molar-refractivity contribution in [1.82, 2.24) is 14.9 Å². The molecular weight excluding hydrogens is 271 g/mol. The Hall–Kier alpha value is -2.21. The van der Waals surface area contributed by atoms with Gasteiger partial charge in [0.05, 0.1) is 0 Å². The molecule has 1 aromatic carbocycles. The minimum atomic E-state index is -0.438. The lowest BCUT2D eigenvalue weighted by atomic mass is 10.0. The van der Waals surface area contributed by atoms with Gasteiger partial charge in [0.2, 0.25) is 5.91 Å². The molecule has 2 aromatic rings. The molecule has 0 aliphatic carbocycles. The molecule has 2 unspecified atom stereocenters. The topological polar surface area (TPSA) is 72.9 Å². The Morgan fingerprint density at radius 3 is 2.62 bits per heavy atom. The van der Waals surface area contributed by atoms with Crippen molar-refractivity contribution in [3.8, 4) is 0 Å². The Labute approximate surface area is 123 Å². The van der Waals surface area contributed by atoms with Crippen LogP contribution in [-0.2, 0) is 11.8 Å². The van der Waals surface area contributed by atoms with E-state index in [-0.39, 0.29) is 24.2 Å². The number of nitrogens with two attached hydrogens (primary N) is 1. The van der Waals surface area contributed by atoms with Crippen molar-refractivity contribution >= 4 is 5.91 Å². The van der Waals surface area contributed by atoms with E-state index in [1.807, 2.05) is 11.6 Å². The van der Waals surface area contributed by atoms with E-state index >= 15 is 0 Å². The highest BCUT2D eigenvalue weighted by molar-refractivity contribution is 5.79. The van der Waals surface area contributed by atoms with Gasteiger partial charge in [-0.1, -0.05) is 19.1 Å². The maximum Gasteiger partial charge on any atom is 0.224 e. The zero-order chi connectivity index (χ0) is 15.4. The summed E-state index contributed by atoms with van der Waals surface area (Å²) in [6.45, 7) is 2.03. The van der Waals surface area contributed by atoms with E-state index in [2.05, 4.69) is 10.3 Å². The molecule has 0 aliphatic rings. The zero-order valence-electron chi connectivity index (χ0n) is 12.1. The predicted molar refractivity (Wildman–Crippen MR) is 77.8 cm³/mol. The van der Waals surface area contributed by atoms with Gasteiger partial charge in [-0.3, -0.25) is 4.79 Å². The molecule has 2 atom stereocenters. The Bertz CT molecular complexity index is 608. The number of carbonyl (C=O) groups excluding carboxylic acids is 1. The van der Waals surface area contributed by atoms with Gasteiger partial charge in [-0.25, -0.2) is 9.37 Å². The van der Waals surface area contributed by atoms with Crippen LogP contribution in [0.25, 0.3) is 0 Å². The summed E-state index contributed by atoms with van der Waals surface area (Å²) in [4.78, 5) is 16.4. The Balaban J connectivity index is 2.33. The van der Waals surface area contributed by atoms with Crippen LogP contribution < -0.4 is 11.1 Å². The molecule has 0 saturated heterocycles. The lowest BCUT2D eigenvalue weighted by molar-refractivity contribution is -0.124. The van der Waals surface area contributed by atoms with E-state index in [9.17, 15) is 9.18 Å². The van der Waals surface area contributed by atoms with Crippen molar-refractivity contribution in [3.63, 3.8) is 0 Å². The Morgan fingerprint density at radius 1 is 1.43 bits per heavy atom. The summed E-state index contributed by atoms with van der Waals surface area (Å²) < 4.78 is 14.9. The van der Waals surface area contributed by atoms with Crippen LogP contribution in [0.3, 0.4) is 0 Å². The number of nitrogens with zero attached hydrogens (tertiary/aromatic N) is 2. The quantitative estimate of drug-likeness (QED) is 0.873. The fourth-order valence-corrected chi connectivity index (χ4v) is 2.00. The number of carbonyl (C=O) groups is 1. The number of hydrogen-bond donors (Lipinski definition) is 2. The highest BCUT2D eigenvalue weighted by atomic mass is 19.1. The van der Waals surface area contributed by atoms with Crippen LogP contribution in [0.1, 0.15) is 24.4 Å². The average Bonchev–Trinajstić information content (AvgIpc) is 2.90. The standard InChI is InChI=1S/C15H19FN4O/c1-10(9-17)15(21)19-13(14-18-7-8-20(14)2)11-3-5-12(16)6-4-11/h3-8,10,13H,9,17H2,1-2H3,(H,19,21). The molecule has 6 heteroatoms. The van der Waals surface area contributed by atoms with Gasteiger partial charge < -0.3 is 15.6 Å². The van der Waals surface area contributed by atoms with E-state index < -0.39 is 6.04 Å². The van der Waals surface area contributed by atoms with E-state index in [1.165, 1.54) is 12.1 Å². The third-order valence-electron chi connectivity index (χ3n) is 3.41. The summed E-state index contributed by atoms with van der Waals surface area (Å²) in [6.07, 6.45) is 3.45. The molecule has 112 valence electrons. The number of rotatable bonds is 5. The van der Waals surface area contributed by atoms with Crippen molar-refractivity contribution < 1.29 is 9.18 Å². The van der Waals surface area contributed by atoms with Crippen LogP contribution in [0, 0.1) is 11.7 Å². The van der Waals surface area contributed by atoms with Gasteiger partial charge in [0.25, 0.3) is 0 Å². The van der Waals surface area contributed by atoms with Gasteiger partial charge in [0, 0.05) is 31.9 Å². The molecule has 0 radical (unpaired) electrons. The maximum absolute atomic E-state index is 13.1. The average molecular weight is 290 g/mol. The summed E-state index contributed by atoms with van der Waals surface area (Å²) >= 11 is 0. The van der Waals surface area contributed by atoms with Crippen molar-refractivity contribution in [3.05, 3.63) is 53.9 Å². The normalized spacial score (nSPS) is 13.7. The van der Waals surface area contributed by atoms with E-state index in [0.717, 1.165) is 5.56 Å². The molecule has 3 N–H and O–H groups in total. The fraction of sp³-hybridized carbons (Fsp3) is 0.333. The molecule has 0 spiro atoms. The third kappa shape index (κ3) is 3.46. The van der Waals surface area contributed by atoms with Gasteiger partial charge in [-0.05, 0) is 17.7 Å². The van der Waals surface area contributed by atoms with Crippen LogP contribution >= 0.6 is 0 Å². The highest BCUT2D eigenvalue weighted by Gasteiger charge is 2.22. The minimum Gasteiger partial charge on any atom is -0.342 e. The van der Waals surface area contributed by atoms with E-state index in [0.29, 0.717) is 5.82 Å². The van der Waals surface area contributed by atoms with Crippen LogP contribution in [0.15, 0.2) is 36.7 Å². The number of aromatic nitrogens is 2. The van der Waals surface area contributed by atoms with E-state index in [1.54, 1.807) is 31.5 Å². The van der Waals surface area contributed by atoms with Crippen molar-refractivity contribution in [1.29, 1.82) is 0 Å². The molecule has 0 bridgehead atoms. The lowest BCUT2D eigenvalue weighted by Crippen LogP contribution is -2.37. The number of amides is 1. The summed E-state index contributed by atoms with van der Waals surface area (Å²) in [5.41, 5.74) is 6.29. The number of imidazole rings is 1. The first kappa shape index (κ1) is 15.2. The molecular formula is C15H19FN4O. The fourth-order valence-electron chi connectivity index (χ4n) is 2.00. The Morgan fingerprint density at radius 2 is 2.10 bits per heavy atom. The van der Waals surface area contributed by atoms with E-state index in [4.69, 9.17) is 5.73 Å². The minimum absolute atomic E-state index is 0.158. The summed E-state index contributed by atoms with van der Waals surface area (Å²) in [5.74, 6) is -0.0961. The number of nitrogens with one attached hydrogen (secondary N) is 1. The van der Waals surface area contributed by atoms with Crippen molar-refractivity contribution in [2.75, 3.05) is 6.54 Å². The van der Waals surface area contributed by atoms with Crippen LogP contribution in [0.2, 0.25) is 0 Å². The number of hydrogen-bond acceptors (Lipinski definition) is 3. The van der Waals surface area contributed by atoms with Crippen molar-refractivity contribution in [2.24, 2.45) is 18.7 Å². The zero-order valence-corrected chi connectivity index (χ0v) is 12.1. The smallest absolute Gasteiger partial charge is 0.224 e. The van der Waals surface area contributed by atoms with Crippen LogP contribution in [0.4, 0.5) is 4.39 Å². The van der Waals surface area contributed by atoms with Gasteiger partial charge in [-0.2, -0.15) is 0 Å². The number of benzene rings is 1. The van der Waals surface area contributed by atoms with Gasteiger partial charge in [0.15, 0.2) is 0 Å². The van der Waals surface area contributed by atoms with Crippen molar-refractivity contribution in [2.45, 2.75) is 13.0 Å². The molecule has 0 fully saturated rings. The van der Waals surface area contributed by atoms with Crippen LogP contribution in [0.5, 0.6) is 0 Å². The lowest BCUT2D eigenvalue weighted by Gasteiger charge is -2.21. The SMILES string of the molecule is CC(CN)C(=O)NC(c1ccc(F)cc1)c1nccn1C. The number of aryl methyl sites for hydroxylation is 1. The molecule has 0 saturated carbocycles. The molecule has 1 amide bonds. The van der Waals surface area contributed by atoms with Gasteiger partial charge in [0.1, 0.15) is 17.7 Å². The summed E-state index contributed by atoms with van der Waals surface area (Å²) in [5, 5.41) is 2.92. The Kier molecular flexibility index (Phi) is 4.70. The first-order valence-electron chi connectivity index (χ1n) is 6.76. The third-order valence-corrected chi connectivity index (χ3v) is 3.41. The predicted octanol–water partition coefficient (Wildman–Crippen LogP) is 1.36. The van der Waals surface area contributed by atoms with Gasteiger partial charge in [-0.15, -0.1) is 0 Å². The molecule has 1 aromatic heterocycles. The molecule has 2 rings (SSSR count). The van der Waals surface area contributed by atoms with Gasteiger partial charge >= 0.3 is 0 Å². The second-order valence-corrected chi connectivity index (χ2v) is 5.03. The number of halogens is 1. The molecule has 21 heavy (non-hydrogen) atoms. The largest absolute Gasteiger partial charge is 0.342 e.